The Balaban J connectivity index is 2.23. The number of carbonyl (C=O) groups excluding carboxylic acids is 2. The zero-order valence-electron chi connectivity index (χ0n) is 11.3. The first kappa shape index (κ1) is 16.2. The summed E-state index contributed by atoms with van der Waals surface area (Å²) in [4.78, 5) is 34.8. The van der Waals surface area contributed by atoms with Gasteiger partial charge in [-0.1, -0.05) is 6.42 Å². The number of morpholine rings is 1. The molecule has 0 aromatic carbocycles. The number of hydrogen-bond acceptors (Lipinski definition) is 4. The first-order valence-electron chi connectivity index (χ1n) is 6.65. The molecule has 1 aliphatic heterocycles. The molecule has 0 aromatic heterocycles. The molecule has 4 N–H and O–H groups in total. The summed E-state index contributed by atoms with van der Waals surface area (Å²) in [5.74, 6) is -1.40. The van der Waals surface area contributed by atoms with Crippen LogP contribution in [0.15, 0.2) is 0 Å². The number of carbonyl (C=O) groups is 3. The van der Waals surface area contributed by atoms with Crippen LogP contribution in [0.1, 0.15) is 25.7 Å². The maximum Gasteiger partial charge on any atom is 0.318 e. The highest BCUT2D eigenvalue weighted by molar-refractivity contribution is 5.86. The lowest BCUT2D eigenvalue weighted by atomic mass is 10.2. The molecule has 3 amide bonds. The van der Waals surface area contributed by atoms with Crippen LogP contribution in [0.3, 0.4) is 0 Å². The topological polar surface area (TPSA) is 122 Å². The third kappa shape index (κ3) is 5.43. The monoisotopic (exact) mass is 287 g/mol. The fraction of sp³-hybridized carbons (Fsp3) is 0.750. The summed E-state index contributed by atoms with van der Waals surface area (Å²) < 4.78 is 5.13. The Morgan fingerprint density at radius 1 is 1.30 bits per heavy atom. The van der Waals surface area contributed by atoms with Gasteiger partial charge in [0.15, 0.2) is 0 Å². The van der Waals surface area contributed by atoms with Crippen molar-refractivity contribution in [2.75, 3.05) is 26.3 Å². The fourth-order valence-corrected chi connectivity index (χ4v) is 1.96. The summed E-state index contributed by atoms with van der Waals surface area (Å²) in [6.45, 7) is 1.29. The van der Waals surface area contributed by atoms with Crippen molar-refractivity contribution in [1.29, 1.82) is 0 Å². The third-order valence-corrected chi connectivity index (χ3v) is 3.06. The molecule has 1 saturated heterocycles. The Labute approximate surface area is 117 Å². The summed E-state index contributed by atoms with van der Waals surface area (Å²) in [6, 6.07) is -1.06. The highest BCUT2D eigenvalue weighted by Gasteiger charge is 2.31. The van der Waals surface area contributed by atoms with Crippen LogP contribution in [-0.4, -0.2) is 60.3 Å². The number of nitrogens with zero attached hydrogens (tertiary/aromatic N) is 1. The fourth-order valence-electron chi connectivity index (χ4n) is 1.96. The van der Waals surface area contributed by atoms with Crippen LogP contribution in [0.4, 0.5) is 4.79 Å². The minimum absolute atomic E-state index is 0.126. The molecule has 1 fully saturated rings. The normalized spacial score (nSPS) is 18.6. The third-order valence-electron chi connectivity index (χ3n) is 3.06. The molecule has 1 unspecified atom stereocenters. The number of rotatable bonds is 7. The van der Waals surface area contributed by atoms with E-state index < -0.39 is 17.9 Å². The quantitative estimate of drug-likeness (QED) is 0.546. The van der Waals surface area contributed by atoms with Crippen molar-refractivity contribution in [2.45, 2.75) is 31.7 Å². The largest absolute Gasteiger partial charge is 0.481 e. The van der Waals surface area contributed by atoms with E-state index in [1.54, 1.807) is 0 Å². The van der Waals surface area contributed by atoms with E-state index in [2.05, 4.69) is 5.32 Å². The van der Waals surface area contributed by atoms with Crippen molar-refractivity contribution >= 4 is 17.9 Å². The van der Waals surface area contributed by atoms with E-state index >= 15 is 0 Å². The average Bonchev–Trinajstić information content (AvgIpc) is 2.42. The van der Waals surface area contributed by atoms with Gasteiger partial charge in [0.25, 0.3) is 0 Å². The van der Waals surface area contributed by atoms with Crippen molar-refractivity contribution in [3.05, 3.63) is 0 Å². The smallest absolute Gasteiger partial charge is 0.318 e. The first-order valence-corrected chi connectivity index (χ1v) is 6.65. The van der Waals surface area contributed by atoms with Crippen molar-refractivity contribution < 1.29 is 24.2 Å². The number of aliphatic carboxylic acids is 1. The van der Waals surface area contributed by atoms with E-state index in [1.165, 1.54) is 4.90 Å². The van der Waals surface area contributed by atoms with E-state index in [4.69, 9.17) is 15.6 Å². The van der Waals surface area contributed by atoms with Crippen LogP contribution < -0.4 is 11.1 Å². The number of carboxylic acids is 1. The first-order chi connectivity index (χ1) is 9.52. The molecule has 20 heavy (non-hydrogen) atoms. The van der Waals surface area contributed by atoms with Crippen LogP contribution >= 0.6 is 0 Å². The van der Waals surface area contributed by atoms with Crippen LogP contribution in [-0.2, 0) is 14.3 Å². The van der Waals surface area contributed by atoms with Gasteiger partial charge in [-0.25, -0.2) is 4.79 Å². The van der Waals surface area contributed by atoms with Gasteiger partial charge in [-0.2, -0.15) is 0 Å². The standard InChI is InChI=1S/C12H21N3O5/c13-11(18)9-8-20-7-6-15(9)12(19)14-5-3-1-2-4-10(16)17/h9H,1-8H2,(H2,13,18)(H,14,19)(H,16,17). The van der Waals surface area contributed by atoms with Gasteiger partial charge >= 0.3 is 12.0 Å². The number of amides is 3. The predicted molar refractivity (Wildman–Crippen MR) is 70.0 cm³/mol. The van der Waals surface area contributed by atoms with E-state index in [0.29, 0.717) is 32.5 Å². The minimum Gasteiger partial charge on any atom is -0.481 e. The number of nitrogens with two attached hydrogens (primary N) is 1. The van der Waals surface area contributed by atoms with Gasteiger partial charge < -0.3 is 25.8 Å². The van der Waals surface area contributed by atoms with Gasteiger partial charge in [-0.15, -0.1) is 0 Å². The van der Waals surface area contributed by atoms with Gasteiger partial charge in [0.2, 0.25) is 5.91 Å². The molecular weight excluding hydrogens is 266 g/mol. The molecule has 1 aliphatic rings. The van der Waals surface area contributed by atoms with Gasteiger partial charge in [0.05, 0.1) is 13.2 Å². The van der Waals surface area contributed by atoms with Gasteiger partial charge in [-0.3, -0.25) is 9.59 Å². The zero-order chi connectivity index (χ0) is 15.0. The molecule has 0 bridgehead atoms. The second-order valence-electron chi connectivity index (χ2n) is 4.62. The maximum atomic E-state index is 11.9. The van der Waals surface area contributed by atoms with E-state index in [1.807, 2.05) is 0 Å². The van der Waals surface area contributed by atoms with Crippen LogP contribution in [0.25, 0.3) is 0 Å². The molecule has 0 aliphatic carbocycles. The minimum atomic E-state index is -0.813. The summed E-state index contributed by atoms with van der Waals surface area (Å²) in [5, 5.41) is 11.2. The van der Waals surface area contributed by atoms with Crippen molar-refractivity contribution in [3.63, 3.8) is 0 Å². The van der Waals surface area contributed by atoms with Crippen LogP contribution in [0.5, 0.6) is 0 Å². The molecule has 1 rings (SSSR count). The van der Waals surface area contributed by atoms with Crippen molar-refractivity contribution in [1.82, 2.24) is 10.2 Å². The zero-order valence-corrected chi connectivity index (χ0v) is 11.3. The van der Waals surface area contributed by atoms with Gasteiger partial charge in [0, 0.05) is 19.5 Å². The number of carboxylic acid groups (broad SMARTS) is 1. The average molecular weight is 287 g/mol. The Morgan fingerprint density at radius 2 is 2.05 bits per heavy atom. The molecule has 114 valence electrons. The predicted octanol–water partition coefficient (Wildman–Crippen LogP) is -0.473. The molecule has 8 nitrogen and oxygen atoms in total. The molecule has 1 atom stereocenters. The molecule has 8 heteroatoms. The number of hydrogen-bond donors (Lipinski definition) is 3. The number of urea groups is 1. The van der Waals surface area contributed by atoms with Crippen molar-refractivity contribution in [2.24, 2.45) is 5.73 Å². The summed E-state index contributed by atoms with van der Waals surface area (Å²) in [7, 11) is 0. The molecule has 0 radical (unpaired) electrons. The lowest BCUT2D eigenvalue weighted by molar-refractivity contribution is -0.137. The van der Waals surface area contributed by atoms with Gasteiger partial charge in [-0.05, 0) is 12.8 Å². The molecule has 0 saturated carbocycles. The van der Waals surface area contributed by atoms with Crippen molar-refractivity contribution in [3.8, 4) is 0 Å². The molecule has 0 spiro atoms. The second kappa shape index (κ2) is 8.36. The number of nitrogens with one attached hydrogen (secondary N) is 1. The molecule has 1 heterocycles. The molecular formula is C12H21N3O5. The lowest BCUT2D eigenvalue weighted by Crippen LogP contribution is -2.57. The van der Waals surface area contributed by atoms with Crippen LogP contribution in [0, 0.1) is 0 Å². The lowest BCUT2D eigenvalue weighted by Gasteiger charge is -2.33. The van der Waals surface area contributed by atoms with E-state index in [9.17, 15) is 14.4 Å². The highest BCUT2D eigenvalue weighted by atomic mass is 16.5. The van der Waals surface area contributed by atoms with E-state index in [-0.39, 0.29) is 19.1 Å². The van der Waals surface area contributed by atoms with Crippen LogP contribution in [0.2, 0.25) is 0 Å². The number of primary amides is 1. The Hall–Kier alpha value is -1.83. The summed E-state index contributed by atoms with van der Waals surface area (Å²) in [5.41, 5.74) is 5.22. The Kier molecular flexibility index (Phi) is 6.78. The maximum absolute atomic E-state index is 11.9. The Morgan fingerprint density at radius 3 is 2.70 bits per heavy atom. The highest BCUT2D eigenvalue weighted by Crippen LogP contribution is 2.07. The Bertz CT molecular complexity index is 361. The number of ether oxygens (including phenoxy) is 1. The second-order valence-corrected chi connectivity index (χ2v) is 4.62. The summed E-state index contributed by atoms with van der Waals surface area (Å²) >= 11 is 0. The molecule has 0 aromatic rings. The number of unbranched alkanes of at least 4 members (excludes halogenated alkanes) is 2. The van der Waals surface area contributed by atoms with E-state index in [0.717, 1.165) is 6.42 Å². The SMILES string of the molecule is NC(=O)C1COCCN1C(=O)NCCCCCC(=O)O. The van der Waals surface area contributed by atoms with Gasteiger partial charge in [0.1, 0.15) is 6.04 Å². The summed E-state index contributed by atoms with van der Waals surface area (Å²) in [6.07, 6.45) is 2.16.